The molecule has 0 radical (unpaired) electrons. The van der Waals surface area contributed by atoms with Crippen LogP contribution in [-0.4, -0.2) is 54.4 Å². The van der Waals surface area contributed by atoms with E-state index in [1.807, 2.05) is 11.0 Å². The normalized spacial score (nSPS) is 20.1. The first kappa shape index (κ1) is 15.0. The molecule has 6 heteroatoms. The van der Waals surface area contributed by atoms with Gasteiger partial charge in [-0.25, -0.2) is 4.98 Å². The van der Waals surface area contributed by atoms with E-state index >= 15 is 0 Å². The third-order valence-corrected chi connectivity index (χ3v) is 4.06. The second-order valence-electron chi connectivity index (χ2n) is 5.50. The maximum atomic E-state index is 12.5. The van der Waals surface area contributed by atoms with Gasteiger partial charge >= 0.3 is 0 Å². The van der Waals surface area contributed by atoms with Gasteiger partial charge in [0.05, 0.1) is 25.1 Å². The molecule has 0 saturated carbocycles. The SMILES string of the molecule is C=CCNc1ccc(C(=O)N2CCC3(CC2)OCCO3)nc1. The molecule has 118 valence electrons. The topological polar surface area (TPSA) is 63.7 Å². The summed E-state index contributed by atoms with van der Waals surface area (Å²) in [5.74, 6) is -0.494. The molecule has 1 N–H and O–H groups in total. The Kier molecular flexibility index (Phi) is 4.40. The number of likely N-dealkylation sites (tertiary alicyclic amines) is 1. The molecule has 1 spiro atoms. The van der Waals surface area contributed by atoms with E-state index < -0.39 is 5.79 Å². The summed E-state index contributed by atoms with van der Waals surface area (Å²) in [4.78, 5) is 18.5. The lowest BCUT2D eigenvalue weighted by Crippen LogP contribution is -2.47. The average molecular weight is 303 g/mol. The lowest BCUT2D eigenvalue weighted by Gasteiger charge is -2.37. The minimum Gasteiger partial charge on any atom is -0.380 e. The molecule has 2 aliphatic heterocycles. The summed E-state index contributed by atoms with van der Waals surface area (Å²) in [6, 6.07) is 3.61. The summed E-state index contributed by atoms with van der Waals surface area (Å²) >= 11 is 0. The van der Waals surface area contributed by atoms with Crippen LogP contribution >= 0.6 is 0 Å². The van der Waals surface area contributed by atoms with Crippen molar-refractivity contribution in [1.29, 1.82) is 0 Å². The zero-order valence-electron chi connectivity index (χ0n) is 12.6. The predicted octanol–water partition coefficient (Wildman–Crippen LogP) is 1.66. The first-order valence-corrected chi connectivity index (χ1v) is 7.60. The van der Waals surface area contributed by atoms with Crippen LogP contribution < -0.4 is 5.32 Å². The third kappa shape index (κ3) is 3.13. The van der Waals surface area contributed by atoms with E-state index in [4.69, 9.17) is 9.47 Å². The molecule has 3 rings (SSSR count). The molecule has 2 aliphatic rings. The van der Waals surface area contributed by atoms with E-state index in [0.29, 0.717) is 38.5 Å². The van der Waals surface area contributed by atoms with Crippen LogP contribution in [0.5, 0.6) is 0 Å². The number of pyridine rings is 1. The smallest absolute Gasteiger partial charge is 0.272 e. The molecule has 1 aromatic rings. The summed E-state index contributed by atoms with van der Waals surface area (Å²) in [5.41, 5.74) is 1.34. The van der Waals surface area contributed by atoms with Crippen LogP contribution in [0.3, 0.4) is 0 Å². The maximum absolute atomic E-state index is 12.5. The van der Waals surface area contributed by atoms with Crippen molar-refractivity contribution in [2.75, 3.05) is 38.2 Å². The van der Waals surface area contributed by atoms with Gasteiger partial charge in [-0.3, -0.25) is 4.79 Å². The highest BCUT2D eigenvalue weighted by atomic mass is 16.7. The first-order chi connectivity index (χ1) is 10.7. The molecule has 0 aromatic carbocycles. The van der Waals surface area contributed by atoms with Crippen LogP contribution in [0.4, 0.5) is 5.69 Å². The number of amides is 1. The molecule has 0 aliphatic carbocycles. The molecule has 22 heavy (non-hydrogen) atoms. The number of nitrogens with zero attached hydrogens (tertiary/aromatic N) is 2. The fourth-order valence-electron chi connectivity index (χ4n) is 2.81. The van der Waals surface area contributed by atoms with E-state index in [9.17, 15) is 4.79 Å². The summed E-state index contributed by atoms with van der Waals surface area (Å²) in [5, 5.41) is 3.13. The molecule has 0 unspecified atom stereocenters. The van der Waals surface area contributed by atoms with Crippen molar-refractivity contribution < 1.29 is 14.3 Å². The Labute approximate surface area is 130 Å². The molecule has 0 bridgehead atoms. The Morgan fingerprint density at radius 2 is 2.09 bits per heavy atom. The Hall–Kier alpha value is -1.92. The number of anilines is 1. The molecule has 6 nitrogen and oxygen atoms in total. The minimum atomic E-state index is -0.456. The van der Waals surface area contributed by atoms with Gasteiger partial charge in [-0.05, 0) is 12.1 Å². The fraction of sp³-hybridized carbons (Fsp3) is 0.500. The summed E-state index contributed by atoms with van der Waals surface area (Å²) in [7, 11) is 0. The summed E-state index contributed by atoms with van der Waals surface area (Å²) in [6.45, 7) is 6.89. The minimum absolute atomic E-state index is 0.0388. The average Bonchev–Trinajstić information content (AvgIpc) is 3.02. The van der Waals surface area contributed by atoms with E-state index in [1.165, 1.54) is 0 Å². The van der Waals surface area contributed by atoms with E-state index in [0.717, 1.165) is 18.5 Å². The van der Waals surface area contributed by atoms with Crippen molar-refractivity contribution in [2.45, 2.75) is 18.6 Å². The van der Waals surface area contributed by atoms with Crippen LogP contribution in [0.25, 0.3) is 0 Å². The third-order valence-electron chi connectivity index (χ3n) is 4.06. The fourth-order valence-corrected chi connectivity index (χ4v) is 2.81. The van der Waals surface area contributed by atoms with Crippen molar-refractivity contribution in [3.8, 4) is 0 Å². The van der Waals surface area contributed by atoms with Gasteiger partial charge in [0.2, 0.25) is 0 Å². The molecule has 1 amide bonds. The number of rotatable bonds is 4. The summed E-state index contributed by atoms with van der Waals surface area (Å²) < 4.78 is 11.4. The number of hydrogen-bond acceptors (Lipinski definition) is 5. The number of piperidine rings is 1. The molecule has 2 saturated heterocycles. The highest BCUT2D eigenvalue weighted by Crippen LogP contribution is 2.31. The van der Waals surface area contributed by atoms with Crippen molar-refractivity contribution >= 4 is 11.6 Å². The number of ether oxygens (including phenoxy) is 2. The van der Waals surface area contributed by atoms with Gasteiger partial charge in [-0.2, -0.15) is 0 Å². The van der Waals surface area contributed by atoms with Crippen molar-refractivity contribution in [3.63, 3.8) is 0 Å². The van der Waals surface area contributed by atoms with E-state index in [-0.39, 0.29) is 5.91 Å². The molecule has 0 atom stereocenters. The Morgan fingerprint density at radius 3 is 2.68 bits per heavy atom. The van der Waals surface area contributed by atoms with Gasteiger partial charge in [-0.15, -0.1) is 6.58 Å². The molecular formula is C16H21N3O3. The number of carbonyl (C=O) groups excluding carboxylic acids is 1. The van der Waals surface area contributed by atoms with Gasteiger partial charge in [0.25, 0.3) is 5.91 Å². The van der Waals surface area contributed by atoms with Crippen LogP contribution in [0, 0.1) is 0 Å². The summed E-state index contributed by atoms with van der Waals surface area (Å²) in [6.07, 6.45) is 4.89. The van der Waals surface area contributed by atoms with E-state index in [2.05, 4.69) is 16.9 Å². The monoisotopic (exact) mass is 303 g/mol. The molecule has 3 heterocycles. The molecule has 2 fully saturated rings. The van der Waals surface area contributed by atoms with Crippen molar-refractivity contribution in [1.82, 2.24) is 9.88 Å². The molecule has 1 aromatic heterocycles. The number of nitrogens with one attached hydrogen (secondary N) is 1. The zero-order chi connectivity index (χ0) is 15.4. The lowest BCUT2D eigenvalue weighted by atomic mass is 10.0. The second-order valence-corrected chi connectivity index (χ2v) is 5.50. The van der Waals surface area contributed by atoms with Crippen LogP contribution in [0.15, 0.2) is 31.0 Å². The van der Waals surface area contributed by atoms with Crippen molar-refractivity contribution in [3.05, 3.63) is 36.7 Å². The van der Waals surface area contributed by atoms with Crippen LogP contribution in [-0.2, 0) is 9.47 Å². The van der Waals surface area contributed by atoms with Crippen molar-refractivity contribution in [2.24, 2.45) is 0 Å². The molecular weight excluding hydrogens is 282 g/mol. The van der Waals surface area contributed by atoms with Gasteiger partial charge < -0.3 is 19.7 Å². The highest BCUT2D eigenvalue weighted by molar-refractivity contribution is 5.92. The highest BCUT2D eigenvalue weighted by Gasteiger charge is 2.40. The predicted molar refractivity (Wildman–Crippen MR) is 82.7 cm³/mol. The zero-order valence-corrected chi connectivity index (χ0v) is 12.6. The van der Waals surface area contributed by atoms with Gasteiger partial charge in [-0.1, -0.05) is 6.08 Å². The maximum Gasteiger partial charge on any atom is 0.272 e. The van der Waals surface area contributed by atoms with Crippen LogP contribution in [0.2, 0.25) is 0 Å². The van der Waals surface area contributed by atoms with Gasteiger partial charge in [0, 0.05) is 32.5 Å². The second kappa shape index (κ2) is 6.46. The lowest BCUT2D eigenvalue weighted by molar-refractivity contribution is -0.181. The van der Waals surface area contributed by atoms with E-state index in [1.54, 1.807) is 18.3 Å². The number of carbonyl (C=O) groups is 1. The van der Waals surface area contributed by atoms with Crippen LogP contribution in [0.1, 0.15) is 23.3 Å². The quantitative estimate of drug-likeness (QED) is 0.857. The number of hydrogen-bond donors (Lipinski definition) is 1. The van der Waals surface area contributed by atoms with Gasteiger partial charge in [0.1, 0.15) is 5.69 Å². The Bertz CT molecular complexity index is 528. The Morgan fingerprint density at radius 1 is 1.36 bits per heavy atom. The number of aromatic nitrogens is 1. The van der Waals surface area contributed by atoms with Gasteiger partial charge in [0.15, 0.2) is 5.79 Å². The standard InChI is InChI=1S/C16H21N3O3/c1-2-7-17-13-3-4-14(18-12-13)15(20)19-8-5-16(6-9-19)21-10-11-22-16/h2-4,12,17H,1,5-11H2. The largest absolute Gasteiger partial charge is 0.380 e. The Balaban J connectivity index is 1.58. The first-order valence-electron chi connectivity index (χ1n) is 7.60.